The van der Waals surface area contributed by atoms with Gasteiger partial charge in [0, 0.05) is 49.1 Å². The van der Waals surface area contributed by atoms with Gasteiger partial charge >= 0.3 is 0 Å². The van der Waals surface area contributed by atoms with Crippen molar-refractivity contribution in [3.8, 4) is 0 Å². The Morgan fingerprint density at radius 2 is 1.65 bits per heavy atom. The van der Waals surface area contributed by atoms with Gasteiger partial charge in [-0.1, -0.05) is 6.07 Å². The van der Waals surface area contributed by atoms with Gasteiger partial charge in [-0.2, -0.15) is 0 Å². The molecule has 0 aliphatic rings. The largest absolute Gasteiger partial charge is 0.385 e. The van der Waals surface area contributed by atoms with Gasteiger partial charge in [0.05, 0.1) is 4.92 Å². The maximum atomic E-state index is 12.0. The number of amides is 2. The van der Waals surface area contributed by atoms with Crippen molar-refractivity contribution in [3.05, 3.63) is 58.6 Å². The van der Waals surface area contributed by atoms with Gasteiger partial charge in [0.25, 0.3) is 5.69 Å². The molecule has 0 aliphatic carbocycles. The first-order valence-corrected chi connectivity index (χ1v) is 8.10. The first kappa shape index (κ1) is 18.9. The molecule has 0 saturated carbocycles. The minimum atomic E-state index is -0.449. The molecule has 0 aliphatic heterocycles. The van der Waals surface area contributed by atoms with E-state index in [0.717, 1.165) is 5.69 Å². The first-order valence-electron chi connectivity index (χ1n) is 8.10. The van der Waals surface area contributed by atoms with Crippen LogP contribution in [0.25, 0.3) is 0 Å². The van der Waals surface area contributed by atoms with Crippen LogP contribution in [0.15, 0.2) is 48.5 Å². The van der Waals surface area contributed by atoms with Gasteiger partial charge in [-0.3, -0.25) is 19.7 Å². The van der Waals surface area contributed by atoms with Crippen molar-refractivity contribution >= 4 is 34.6 Å². The van der Waals surface area contributed by atoms with E-state index in [4.69, 9.17) is 0 Å². The Hall–Kier alpha value is -3.42. The van der Waals surface area contributed by atoms with Gasteiger partial charge in [-0.15, -0.1) is 0 Å². The third-order valence-corrected chi connectivity index (χ3v) is 3.45. The molecule has 3 N–H and O–H groups in total. The molecule has 0 aromatic heterocycles. The number of nitrogens with zero attached hydrogens (tertiary/aromatic N) is 1. The van der Waals surface area contributed by atoms with Gasteiger partial charge < -0.3 is 16.0 Å². The number of nitro groups is 1. The Bertz CT molecular complexity index is 790. The number of rotatable bonds is 8. The van der Waals surface area contributed by atoms with E-state index in [1.807, 2.05) is 0 Å². The molecule has 8 heteroatoms. The molecule has 0 bridgehead atoms. The first-order chi connectivity index (χ1) is 12.4. The number of hydrogen-bond donors (Lipinski definition) is 3. The average Bonchev–Trinajstić information content (AvgIpc) is 2.59. The summed E-state index contributed by atoms with van der Waals surface area (Å²) in [6.45, 7) is 1.99. The van der Waals surface area contributed by atoms with Crippen LogP contribution in [0.3, 0.4) is 0 Å². The molecular formula is C18H20N4O4. The van der Waals surface area contributed by atoms with Crippen LogP contribution in [-0.4, -0.2) is 23.3 Å². The van der Waals surface area contributed by atoms with Crippen molar-refractivity contribution < 1.29 is 14.5 Å². The van der Waals surface area contributed by atoms with E-state index in [1.54, 1.807) is 36.4 Å². The van der Waals surface area contributed by atoms with E-state index in [9.17, 15) is 19.7 Å². The van der Waals surface area contributed by atoms with Crippen molar-refractivity contribution in [2.24, 2.45) is 0 Å². The lowest BCUT2D eigenvalue weighted by Gasteiger charge is -2.09. The lowest BCUT2D eigenvalue weighted by atomic mass is 10.2. The molecule has 8 nitrogen and oxygen atoms in total. The average molecular weight is 356 g/mol. The van der Waals surface area contributed by atoms with E-state index in [2.05, 4.69) is 16.0 Å². The number of benzene rings is 2. The smallest absolute Gasteiger partial charge is 0.269 e. The Balaban J connectivity index is 1.73. The third-order valence-electron chi connectivity index (χ3n) is 3.45. The topological polar surface area (TPSA) is 113 Å². The molecule has 0 heterocycles. The number of non-ortho nitro benzene ring substituents is 1. The summed E-state index contributed by atoms with van der Waals surface area (Å²) in [6.07, 6.45) is 0.929. The molecule has 2 rings (SSSR count). The number of carbonyl (C=O) groups is 2. The SMILES string of the molecule is CC(=O)Nc1cccc(NC(=O)CCCNc2ccc([N+](=O)[O-])cc2)c1. The Morgan fingerprint density at radius 1 is 1.00 bits per heavy atom. The van der Waals surface area contributed by atoms with Crippen LogP contribution < -0.4 is 16.0 Å². The predicted molar refractivity (Wildman–Crippen MR) is 100 cm³/mol. The van der Waals surface area contributed by atoms with E-state index in [-0.39, 0.29) is 17.5 Å². The number of nitrogens with one attached hydrogen (secondary N) is 3. The van der Waals surface area contributed by atoms with E-state index in [0.29, 0.717) is 30.8 Å². The van der Waals surface area contributed by atoms with E-state index < -0.39 is 4.92 Å². The zero-order valence-corrected chi connectivity index (χ0v) is 14.3. The summed E-state index contributed by atoms with van der Waals surface area (Å²) in [7, 11) is 0. The standard InChI is InChI=1S/C18H20N4O4/c1-13(23)20-15-4-2-5-16(12-15)21-18(24)6-3-11-19-14-7-9-17(10-8-14)22(25)26/h2,4-5,7-10,12,19H,3,6,11H2,1H3,(H,20,23)(H,21,24). The van der Waals surface area contributed by atoms with Crippen LogP contribution in [-0.2, 0) is 9.59 Å². The summed E-state index contributed by atoms with van der Waals surface area (Å²) in [5.74, 6) is -0.304. The third kappa shape index (κ3) is 6.23. The van der Waals surface area contributed by atoms with Crippen molar-refractivity contribution in [3.63, 3.8) is 0 Å². The van der Waals surface area contributed by atoms with Crippen molar-refractivity contribution in [1.29, 1.82) is 0 Å². The second kappa shape index (κ2) is 9.16. The summed E-state index contributed by atoms with van der Waals surface area (Å²) in [5, 5.41) is 19.1. The van der Waals surface area contributed by atoms with Crippen LogP contribution in [0.2, 0.25) is 0 Å². The molecule has 2 amide bonds. The van der Waals surface area contributed by atoms with Crippen molar-refractivity contribution in [1.82, 2.24) is 0 Å². The van der Waals surface area contributed by atoms with Crippen molar-refractivity contribution in [2.45, 2.75) is 19.8 Å². The number of hydrogen-bond acceptors (Lipinski definition) is 5. The van der Waals surface area contributed by atoms with Gasteiger partial charge in [0.1, 0.15) is 0 Å². The Labute approximate surface area is 150 Å². The van der Waals surface area contributed by atoms with Crippen LogP contribution in [0.5, 0.6) is 0 Å². The fourth-order valence-corrected chi connectivity index (χ4v) is 2.28. The van der Waals surface area contributed by atoms with Crippen molar-refractivity contribution in [2.75, 3.05) is 22.5 Å². The highest BCUT2D eigenvalue weighted by Crippen LogP contribution is 2.16. The fourth-order valence-electron chi connectivity index (χ4n) is 2.28. The molecule has 0 radical (unpaired) electrons. The number of carbonyl (C=O) groups excluding carboxylic acids is 2. The van der Waals surface area contributed by atoms with E-state index >= 15 is 0 Å². The Kier molecular flexibility index (Phi) is 6.67. The van der Waals surface area contributed by atoms with Gasteiger partial charge in [-0.25, -0.2) is 0 Å². The van der Waals surface area contributed by atoms with Crippen LogP contribution >= 0.6 is 0 Å². The highest BCUT2D eigenvalue weighted by molar-refractivity contribution is 5.93. The van der Waals surface area contributed by atoms with E-state index in [1.165, 1.54) is 19.1 Å². The van der Waals surface area contributed by atoms with Crippen LogP contribution in [0, 0.1) is 10.1 Å². The minimum Gasteiger partial charge on any atom is -0.385 e. The number of nitro benzene ring substituents is 1. The summed E-state index contributed by atoms with van der Waals surface area (Å²) >= 11 is 0. The molecule has 0 spiro atoms. The summed E-state index contributed by atoms with van der Waals surface area (Å²) in [4.78, 5) is 33.2. The highest BCUT2D eigenvalue weighted by Gasteiger charge is 2.05. The lowest BCUT2D eigenvalue weighted by Crippen LogP contribution is -2.14. The quantitative estimate of drug-likeness (QED) is 0.381. The van der Waals surface area contributed by atoms with Crippen LogP contribution in [0.1, 0.15) is 19.8 Å². The normalized spacial score (nSPS) is 10.0. The molecule has 136 valence electrons. The molecule has 2 aromatic carbocycles. The van der Waals surface area contributed by atoms with Gasteiger partial charge in [0.15, 0.2) is 0 Å². The highest BCUT2D eigenvalue weighted by atomic mass is 16.6. The monoisotopic (exact) mass is 356 g/mol. The van der Waals surface area contributed by atoms with Gasteiger partial charge in [-0.05, 0) is 36.8 Å². The number of anilines is 3. The summed E-state index contributed by atoms with van der Waals surface area (Å²) in [6, 6.07) is 13.0. The lowest BCUT2D eigenvalue weighted by molar-refractivity contribution is -0.384. The Morgan fingerprint density at radius 3 is 2.27 bits per heavy atom. The zero-order chi connectivity index (χ0) is 18.9. The second-order valence-electron chi connectivity index (χ2n) is 5.64. The summed E-state index contributed by atoms with van der Waals surface area (Å²) in [5.41, 5.74) is 2.04. The predicted octanol–water partition coefficient (Wildman–Crippen LogP) is 3.38. The van der Waals surface area contributed by atoms with Gasteiger partial charge in [0.2, 0.25) is 11.8 Å². The molecule has 0 saturated heterocycles. The summed E-state index contributed by atoms with van der Waals surface area (Å²) < 4.78 is 0. The molecule has 26 heavy (non-hydrogen) atoms. The maximum Gasteiger partial charge on any atom is 0.269 e. The second-order valence-corrected chi connectivity index (χ2v) is 5.64. The molecule has 2 aromatic rings. The molecule has 0 atom stereocenters. The zero-order valence-electron chi connectivity index (χ0n) is 14.3. The maximum absolute atomic E-state index is 12.0. The van der Waals surface area contributed by atoms with Crippen LogP contribution in [0.4, 0.5) is 22.7 Å². The molecular weight excluding hydrogens is 336 g/mol. The molecule has 0 fully saturated rings. The molecule has 0 unspecified atom stereocenters. The minimum absolute atomic E-state index is 0.0384. The fraction of sp³-hybridized carbons (Fsp3) is 0.222.